The minimum atomic E-state index is -1.16. The second-order valence-electron chi connectivity index (χ2n) is 8.47. The summed E-state index contributed by atoms with van der Waals surface area (Å²) in [5, 5.41) is 19.6. The van der Waals surface area contributed by atoms with Gasteiger partial charge < -0.3 is 19.7 Å². The van der Waals surface area contributed by atoms with Crippen molar-refractivity contribution in [2.45, 2.75) is 44.8 Å². The smallest absolute Gasteiger partial charge is 0.508 e. The molecule has 1 saturated heterocycles. The zero-order chi connectivity index (χ0) is 19.4. The number of aromatic hydroxyl groups is 2. The van der Waals surface area contributed by atoms with Crippen LogP contribution in [-0.4, -0.2) is 22.2 Å². The number of ether oxygens (including phenoxy) is 2. The first-order valence-electron chi connectivity index (χ1n) is 9.21. The van der Waals surface area contributed by atoms with Gasteiger partial charge in [0.1, 0.15) is 11.5 Å². The van der Waals surface area contributed by atoms with Gasteiger partial charge in [-0.2, -0.15) is 0 Å². The summed E-state index contributed by atoms with van der Waals surface area (Å²) in [7, 11) is 0. The maximum absolute atomic E-state index is 11.9. The first kappa shape index (κ1) is 17.7. The minimum absolute atomic E-state index is 0.170. The van der Waals surface area contributed by atoms with E-state index in [9.17, 15) is 15.0 Å². The van der Waals surface area contributed by atoms with Crippen LogP contribution in [0, 0.1) is 11.3 Å². The Bertz CT molecular complexity index is 813. The quantitative estimate of drug-likeness (QED) is 0.751. The largest absolute Gasteiger partial charge is 0.515 e. The van der Waals surface area contributed by atoms with Gasteiger partial charge in [-0.1, -0.05) is 45.0 Å². The van der Waals surface area contributed by atoms with Crippen molar-refractivity contribution in [2.24, 2.45) is 11.3 Å². The van der Waals surface area contributed by atoms with E-state index in [2.05, 4.69) is 20.8 Å². The molecule has 5 heteroatoms. The van der Waals surface area contributed by atoms with E-state index in [1.807, 2.05) is 24.3 Å². The number of hydrogen-bond acceptors (Lipinski definition) is 5. The lowest BCUT2D eigenvalue weighted by Crippen LogP contribution is -2.73. The van der Waals surface area contributed by atoms with Gasteiger partial charge in [0.2, 0.25) is 0 Å². The monoisotopic (exact) mass is 368 g/mol. The van der Waals surface area contributed by atoms with Gasteiger partial charge in [-0.3, -0.25) is 0 Å². The molecule has 5 nitrogen and oxygen atoms in total. The Morgan fingerprint density at radius 1 is 0.852 bits per heavy atom. The molecule has 0 amide bonds. The molecule has 1 heterocycles. The van der Waals surface area contributed by atoms with Crippen LogP contribution in [0.3, 0.4) is 0 Å². The van der Waals surface area contributed by atoms with Gasteiger partial charge in [0.05, 0.1) is 5.41 Å². The molecular weight excluding hydrogens is 344 g/mol. The Morgan fingerprint density at radius 3 is 1.70 bits per heavy atom. The maximum atomic E-state index is 11.9. The Balaban J connectivity index is 2.02. The first-order chi connectivity index (χ1) is 12.7. The Kier molecular flexibility index (Phi) is 3.71. The molecular formula is C22H24O5. The summed E-state index contributed by atoms with van der Waals surface area (Å²) in [6.07, 6.45) is 0.886. The molecule has 1 spiro atoms. The highest BCUT2D eigenvalue weighted by Gasteiger charge is 2.74. The van der Waals surface area contributed by atoms with Crippen LogP contribution in [0.4, 0.5) is 4.79 Å². The Labute approximate surface area is 158 Å². The van der Waals surface area contributed by atoms with Crippen molar-refractivity contribution in [2.75, 3.05) is 0 Å². The lowest BCUT2D eigenvalue weighted by molar-refractivity contribution is -0.365. The van der Waals surface area contributed by atoms with Gasteiger partial charge in [0.15, 0.2) is 0 Å². The van der Waals surface area contributed by atoms with Crippen LogP contribution in [0.5, 0.6) is 11.5 Å². The van der Waals surface area contributed by atoms with E-state index >= 15 is 0 Å². The number of carbonyl (C=O) groups is 1. The van der Waals surface area contributed by atoms with Gasteiger partial charge in [-0.15, -0.1) is 0 Å². The van der Waals surface area contributed by atoms with Gasteiger partial charge in [0.25, 0.3) is 5.79 Å². The fraction of sp³-hybridized carbons (Fsp3) is 0.409. The van der Waals surface area contributed by atoms with Gasteiger partial charge in [0, 0.05) is 5.41 Å². The Morgan fingerprint density at radius 2 is 1.30 bits per heavy atom. The Hall–Kier alpha value is -2.69. The van der Waals surface area contributed by atoms with Gasteiger partial charge in [-0.25, -0.2) is 4.79 Å². The molecule has 1 aliphatic heterocycles. The van der Waals surface area contributed by atoms with E-state index in [0.29, 0.717) is 12.3 Å². The molecule has 1 aliphatic carbocycles. The molecule has 27 heavy (non-hydrogen) atoms. The lowest BCUT2D eigenvalue weighted by atomic mass is 9.50. The normalized spacial score (nSPS) is 24.6. The van der Waals surface area contributed by atoms with Gasteiger partial charge in [-0.05, 0) is 54.2 Å². The highest BCUT2D eigenvalue weighted by atomic mass is 16.9. The molecule has 1 unspecified atom stereocenters. The van der Waals surface area contributed by atoms with E-state index in [-0.39, 0.29) is 11.5 Å². The van der Waals surface area contributed by atoms with Crippen LogP contribution in [0.25, 0.3) is 0 Å². The van der Waals surface area contributed by atoms with Gasteiger partial charge >= 0.3 is 6.16 Å². The predicted molar refractivity (Wildman–Crippen MR) is 99.5 cm³/mol. The maximum Gasteiger partial charge on any atom is 0.515 e. The minimum Gasteiger partial charge on any atom is -0.508 e. The summed E-state index contributed by atoms with van der Waals surface area (Å²) in [5.74, 6) is -0.472. The molecule has 2 aromatic rings. The van der Waals surface area contributed by atoms with Crippen molar-refractivity contribution >= 4 is 6.16 Å². The van der Waals surface area contributed by atoms with Crippen LogP contribution in [0.1, 0.15) is 44.7 Å². The molecule has 142 valence electrons. The van der Waals surface area contributed by atoms with Crippen molar-refractivity contribution in [3.05, 3.63) is 59.7 Å². The van der Waals surface area contributed by atoms with E-state index in [1.54, 1.807) is 24.3 Å². The van der Waals surface area contributed by atoms with Crippen LogP contribution in [-0.2, 0) is 14.9 Å². The third-order valence-corrected chi connectivity index (χ3v) is 6.14. The van der Waals surface area contributed by atoms with Crippen molar-refractivity contribution in [3.8, 4) is 11.5 Å². The second kappa shape index (κ2) is 5.65. The van der Waals surface area contributed by atoms with Crippen molar-refractivity contribution in [3.63, 3.8) is 0 Å². The molecule has 1 atom stereocenters. The molecule has 2 aromatic carbocycles. The molecule has 0 aromatic heterocycles. The summed E-state index contributed by atoms with van der Waals surface area (Å²) in [6, 6.07) is 14.0. The number of carbonyl (C=O) groups excluding carboxylic acids is 1. The van der Waals surface area contributed by atoms with Crippen molar-refractivity contribution in [1.29, 1.82) is 0 Å². The summed E-state index contributed by atoms with van der Waals surface area (Å²) < 4.78 is 11.7. The second-order valence-corrected chi connectivity index (χ2v) is 8.47. The number of hydrogen-bond donors (Lipinski definition) is 2. The van der Waals surface area contributed by atoms with E-state index in [1.165, 1.54) is 0 Å². The number of rotatable bonds is 2. The fourth-order valence-corrected chi connectivity index (χ4v) is 5.28. The first-order valence-corrected chi connectivity index (χ1v) is 9.21. The third-order valence-electron chi connectivity index (χ3n) is 6.14. The molecule has 1 saturated carbocycles. The predicted octanol–water partition coefficient (Wildman–Crippen LogP) is 4.70. The summed E-state index contributed by atoms with van der Waals surface area (Å²) in [6.45, 7) is 6.31. The summed E-state index contributed by atoms with van der Waals surface area (Å²) in [4.78, 5) is 11.9. The average Bonchev–Trinajstić information content (AvgIpc) is 2.57. The molecule has 2 fully saturated rings. The summed E-state index contributed by atoms with van der Waals surface area (Å²) >= 11 is 0. The van der Waals surface area contributed by atoms with E-state index in [4.69, 9.17) is 9.47 Å². The number of phenols is 2. The third kappa shape index (κ3) is 2.34. The fourth-order valence-electron chi connectivity index (χ4n) is 5.28. The van der Waals surface area contributed by atoms with Crippen LogP contribution < -0.4 is 0 Å². The average molecular weight is 368 g/mol. The standard InChI is InChI=1S/C22H24O5/c1-14-12-20(2,3)22(26-19(25)27-22)21(13-14,15-4-8-17(23)9-5-15)16-6-10-18(24)11-7-16/h4-11,14,23-24H,12-13H2,1-3H3. The lowest BCUT2D eigenvalue weighted by Gasteiger charge is -2.63. The SMILES string of the molecule is CC1CC(C)(C)C2(OC(=O)O2)C(c2ccc(O)cc2)(c2ccc(O)cc2)C1. The molecule has 4 rings (SSSR count). The molecule has 2 N–H and O–H groups in total. The zero-order valence-corrected chi connectivity index (χ0v) is 15.7. The van der Waals surface area contributed by atoms with E-state index < -0.39 is 22.8 Å². The topological polar surface area (TPSA) is 76.0 Å². The van der Waals surface area contributed by atoms with Crippen molar-refractivity contribution < 1.29 is 24.5 Å². The number of phenolic OH excluding ortho intramolecular Hbond substituents is 2. The zero-order valence-electron chi connectivity index (χ0n) is 15.7. The van der Waals surface area contributed by atoms with Crippen LogP contribution in [0.2, 0.25) is 0 Å². The number of benzene rings is 2. The molecule has 2 aliphatic rings. The highest BCUT2D eigenvalue weighted by molar-refractivity contribution is 5.69. The molecule has 0 bridgehead atoms. The summed E-state index contributed by atoms with van der Waals surface area (Å²) in [5.41, 5.74) is 0.605. The van der Waals surface area contributed by atoms with Crippen molar-refractivity contribution in [1.82, 2.24) is 0 Å². The van der Waals surface area contributed by atoms with E-state index in [0.717, 1.165) is 17.5 Å². The molecule has 0 radical (unpaired) electrons. The van der Waals surface area contributed by atoms with Crippen LogP contribution >= 0.6 is 0 Å². The highest BCUT2D eigenvalue weighted by Crippen LogP contribution is 2.64. The van der Waals surface area contributed by atoms with Crippen LogP contribution in [0.15, 0.2) is 48.5 Å².